The van der Waals surface area contributed by atoms with Crippen molar-refractivity contribution in [2.75, 3.05) is 0 Å². The van der Waals surface area contributed by atoms with Crippen LogP contribution >= 0.6 is 0 Å². The van der Waals surface area contributed by atoms with E-state index in [0.717, 1.165) is 41.7 Å². The Morgan fingerprint density at radius 1 is 1.14 bits per heavy atom. The summed E-state index contributed by atoms with van der Waals surface area (Å²) in [6.45, 7) is 8.85. The molecule has 5 unspecified atom stereocenters. The number of fused-ring (bicyclic) bond motifs is 1. The highest BCUT2D eigenvalue weighted by Gasteiger charge is 2.42. The number of ketones is 1. The number of aliphatic hydroxyl groups excluding tert-OH is 2. The summed E-state index contributed by atoms with van der Waals surface area (Å²) in [6, 6.07) is 5.87. The lowest BCUT2D eigenvalue weighted by Gasteiger charge is -2.34. The van der Waals surface area contributed by atoms with E-state index in [1.165, 1.54) is 0 Å². The van der Waals surface area contributed by atoms with Gasteiger partial charge < -0.3 is 19.5 Å². The lowest BCUT2D eigenvalue weighted by molar-refractivity contribution is -0.155. The number of carbonyl (C=O) groups excluding carboxylic acids is 2. The summed E-state index contributed by atoms with van der Waals surface area (Å²) < 4.78 is 7.85. The number of esters is 1. The number of aryl methyl sites for hydroxylation is 2. The fourth-order valence-electron chi connectivity index (χ4n) is 4.87. The lowest BCUT2D eigenvalue weighted by atomic mass is 9.73. The maximum Gasteiger partial charge on any atom is 0.309 e. The molecule has 35 heavy (non-hydrogen) atoms. The molecule has 0 bridgehead atoms. The molecule has 0 amide bonds. The first kappa shape index (κ1) is 27.1. The van der Waals surface area contributed by atoms with Crippen molar-refractivity contribution in [1.82, 2.24) is 9.55 Å². The van der Waals surface area contributed by atoms with Crippen molar-refractivity contribution >= 4 is 22.8 Å². The SMILES string of the molecule is Cc1nc2cc(C3CC=CCCCC(C)C(O)C(C)C(=O)C(C)(C)C(O)CC(=O)O3)ccc2n1C. The van der Waals surface area contributed by atoms with Crippen LogP contribution in [0.3, 0.4) is 0 Å². The van der Waals surface area contributed by atoms with E-state index in [4.69, 9.17) is 4.74 Å². The number of imidazole rings is 1. The number of Topliss-reactive ketones (excluding diaryl/α,β-unsaturated/α-hetero) is 1. The third-order valence-corrected chi connectivity index (χ3v) is 7.66. The van der Waals surface area contributed by atoms with Gasteiger partial charge in [-0.2, -0.15) is 0 Å². The van der Waals surface area contributed by atoms with Crippen LogP contribution in [0.4, 0.5) is 0 Å². The second-order valence-electron chi connectivity index (χ2n) is 10.6. The van der Waals surface area contributed by atoms with Crippen molar-refractivity contribution in [3.05, 3.63) is 41.7 Å². The van der Waals surface area contributed by atoms with Gasteiger partial charge in [-0.1, -0.05) is 45.9 Å². The Labute approximate surface area is 208 Å². The van der Waals surface area contributed by atoms with Gasteiger partial charge in [-0.15, -0.1) is 0 Å². The van der Waals surface area contributed by atoms with Crippen LogP contribution in [-0.2, 0) is 21.4 Å². The predicted octanol–water partition coefficient (Wildman–Crippen LogP) is 4.58. The smallest absolute Gasteiger partial charge is 0.309 e. The Morgan fingerprint density at radius 2 is 1.86 bits per heavy atom. The molecule has 5 atom stereocenters. The zero-order chi connectivity index (χ0) is 25.9. The van der Waals surface area contributed by atoms with Gasteiger partial charge >= 0.3 is 5.97 Å². The maximum atomic E-state index is 13.2. The van der Waals surface area contributed by atoms with Gasteiger partial charge in [-0.25, -0.2) is 4.98 Å². The Morgan fingerprint density at radius 3 is 2.57 bits per heavy atom. The molecule has 3 rings (SSSR count). The minimum absolute atomic E-state index is 0.0468. The maximum absolute atomic E-state index is 13.2. The number of allylic oxidation sites excluding steroid dienone is 1. The van der Waals surface area contributed by atoms with E-state index in [1.54, 1.807) is 20.8 Å². The number of ether oxygens (including phenoxy) is 1. The average molecular weight is 485 g/mol. The van der Waals surface area contributed by atoms with Crippen LogP contribution in [0.5, 0.6) is 0 Å². The molecule has 0 spiro atoms. The Balaban J connectivity index is 1.89. The monoisotopic (exact) mass is 484 g/mol. The molecule has 2 aromatic rings. The zero-order valence-electron chi connectivity index (χ0n) is 21.8. The number of rotatable bonds is 1. The summed E-state index contributed by atoms with van der Waals surface area (Å²) in [7, 11) is 1.96. The number of benzene rings is 1. The van der Waals surface area contributed by atoms with Gasteiger partial charge in [-0.3, -0.25) is 9.59 Å². The standard InChI is InChI=1S/C28H40N2O5/c1-17-11-9-7-8-10-12-23(20-13-14-22-21(15-20)29-19(3)30(22)6)35-25(32)16-24(31)28(4,5)27(34)18(2)26(17)33/h8,10,13-15,17-18,23-24,26,31,33H,7,9,11-12,16H2,1-6H3. The molecule has 1 aromatic carbocycles. The second-order valence-corrected chi connectivity index (χ2v) is 10.6. The van der Waals surface area contributed by atoms with Crippen molar-refractivity contribution in [2.24, 2.45) is 24.3 Å². The number of hydrogen-bond acceptors (Lipinski definition) is 6. The van der Waals surface area contributed by atoms with E-state index in [2.05, 4.69) is 11.1 Å². The van der Waals surface area contributed by atoms with Gasteiger partial charge in [-0.05, 0) is 49.8 Å². The van der Waals surface area contributed by atoms with E-state index in [0.29, 0.717) is 6.42 Å². The first-order chi connectivity index (χ1) is 16.4. The fourth-order valence-corrected chi connectivity index (χ4v) is 4.87. The van der Waals surface area contributed by atoms with E-state index in [1.807, 2.05) is 49.7 Å². The summed E-state index contributed by atoms with van der Waals surface area (Å²) in [6.07, 6.45) is 4.24. The van der Waals surface area contributed by atoms with Crippen molar-refractivity contribution < 1.29 is 24.5 Å². The summed E-state index contributed by atoms with van der Waals surface area (Å²) in [5, 5.41) is 21.6. The number of cyclic esters (lactones) is 1. The third kappa shape index (κ3) is 6.01. The number of aromatic nitrogens is 2. The van der Waals surface area contributed by atoms with Crippen LogP contribution in [0.1, 0.15) is 77.3 Å². The van der Waals surface area contributed by atoms with Crippen LogP contribution < -0.4 is 0 Å². The minimum Gasteiger partial charge on any atom is -0.457 e. The quantitative estimate of drug-likeness (QED) is 0.454. The van der Waals surface area contributed by atoms with E-state index in [9.17, 15) is 19.8 Å². The lowest BCUT2D eigenvalue weighted by Crippen LogP contribution is -2.45. The van der Waals surface area contributed by atoms with Gasteiger partial charge in [0.25, 0.3) is 0 Å². The first-order valence-corrected chi connectivity index (χ1v) is 12.6. The largest absolute Gasteiger partial charge is 0.457 e. The number of aliphatic hydroxyl groups is 2. The molecule has 2 N–H and O–H groups in total. The van der Waals surface area contributed by atoms with Crippen molar-refractivity contribution in [1.29, 1.82) is 0 Å². The molecular weight excluding hydrogens is 444 g/mol. The summed E-state index contributed by atoms with van der Waals surface area (Å²) >= 11 is 0. The molecule has 1 aliphatic heterocycles. The third-order valence-electron chi connectivity index (χ3n) is 7.66. The molecule has 0 aliphatic carbocycles. The molecule has 7 heteroatoms. The molecule has 0 saturated heterocycles. The van der Waals surface area contributed by atoms with Gasteiger partial charge in [0.2, 0.25) is 0 Å². The normalized spacial score (nSPS) is 29.3. The van der Waals surface area contributed by atoms with E-state index < -0.39 is 35.6 Å². The number of nitrogens with zero attached hydrogens (tertiary/aromatic N) is 2. The molecule has 0 saturated carbocycles. The molecule has 1 aromatic heterocycles. The Hall–Kier alpha value is -2.51. The van der Waals surface area contributed by atoms with Gasteiger partial charge in [0, 0.05) is 19.4 Å². The summed E-state index contributed by atoms with van der Waals surface area (Å²) in [5.74, 6) is -0.611. The molecule has 192 valence electrons. The van der Waals surface area contributed by atoms with Crippen LogP contribution in [0.2, 0.25) is 0 Å². The molecule has 0 radical (unpaired) electrons. The number of carbonyl (C=O) groups is 2. The highest BCUT2D eigenvalue weighted by Crippen LogP contribution is 2.33. The Bertz CT molecular complexity index is 1090. The highest BCUT2D eigenvalue weighted by molar-refractivity contribution is 5.88. The number of hydrogen-bond donors (Lipinski definition) is 2. The molecular formula is C28H40N2O5. The van der Waals surface area contributed by atoms with Crippen molar-refractivity contribution in [3.63, 3.8) is 0 Å². The zero-order valence-corrected chi connectivity index (χ0v) is 21.8. The van der Waals surface area contributed by atoms with Crippen LogP contribution in [0.15, 0.2) is 30.4 Å². The average Bonchev–Trinajstić information content (AvgIpc) is 3.10. The molecule has 7 nitrogen and oxygen atoms in total. The topological polar surface area (TPSA) is 102 Å². The van der Waals surface area contributed by atoms with Crippen molar-refractivity contribution in [2.45, 2.75) is 85.0 Å². The minimum atomic E-state index is -1.22. The summed E-state index contributed by atoms with van der Waals surface area (Å²) in [5.41, 5.74) is 1.48. The van der Waals surface area contributed by atoms with Crippen LogP contribution in [-0.4, -0.2) is 43.7 Å². The van der Waals surface area contributed by atoms with Gasteiger partial charge in [0.15, 0.2) is 0 Å². The van der Waals surface area contributed by atoms with Crippen molar-refractivity contribution in [3.8, 4) is 0 Å². The molecule has 2 heterocycles. The Kier molecular flexibility index (Phi) is 8.54. The van der Waals surface area contributed by atoms with Gasteiger partial charge in [0.05, 0.1) is 35.1 Å². The van der Waals surface area contributed by atoms with E-state index in [-0.39, 0.29) is 18.1 Å². The molecule has 0 fully saturated rings. The second kappa shape index (κ2) is 11.0. The fraction of sp³-hybridized carbons (Fsp3) is 0.607. The van der Waals surface area contributed by atoms with Gasteiger partial charge in [0.1, 0.15) is 17.7 Å². The predicted molar refractivity (Wildman–Crippen MR) is 136 cm³/mol. The summed E-state index contributed by atoms with van der Waals surface area (Å²) in [4.78, 5) is 30.7. The van der Waals surface area contributed by atoms with Crippen LogP contribution in [0.25, 0.3) is 11.0 Å². The van der Waals surface area contributed by atoms with Crippen LogP contribution in [0, 0.1) is 24.2 Å². The highest BCUT2D eigenvalue weighted by atomic mass is 16.5. The first-order valence-electron chi connectivity index (χ1n) is 12.6. The van der Waals surface area contributed by atoms with E-state index >= 15 is 0 Å². The molecule has 1 aliphatic rings.